The van der Waals surface area contributed by atoms with Crippen molar-refractivity contribution in [2.24, 2.45) is 0 Å². The Bertz CT molecular complexity index is 5460. The van der Waals surface area contributed by atoms with E-state index in [-0.39, 0.29) is 102 Å². The van der Waals surface area contributed by atoms with Gasteiger partial charge in [0.1, 0.15) is 119 Å². The number of H-pyrrole nitrogens is 3. The van der Waals surface area contributed by atoms with E-state index in [2.05, 4.69) is 29.9 Å². The van der Waals surface area contributed by atoms with E-state index in [0.717, 1.165) is 33.0 Å². The minimum Gasteiger partial charge on any atom is -0.504 e. The van der Waals surface area contributed by atoms with E-state index >= 15 is 0 Å². The predicted octanol–water partition coefficient (Wildman–Crippen LogP) is 20.7. The highest BCUT2D eigenvalue weighted by Crippen LogP contribution is 2.43. The standard InChI is InChI=1S/C24H21ClF2N2O3.C23H19ClF2N2O3.C16H13ClF2O3.C14H10ClFO3.C7H6N2/c1-30-22(19-13-29-24-17(19)5-3-10-28-24)18-4-2-6-21(23(18)31-11-9-26)32-14-15-7-8-16(25)12-20(15)27;24-15-7-6-14(19(26)11-15)13-31-20-5-1-3-17(22(20)30-10-8-25)21(29)18-12-28-23-16(18)4-2-9-27-23;17-13-5-4-12(14(19)8-13)10-22-15-3-1-2-11(9-20)16(15)21-7-6-18;15-11-5-4-10(12(16)6-11)8-19-13-3-1-2-9(7-17)14(13)18;1-2-6-3-5-9-7(6)8-4-1/h2-8,10,12-13,22H,9,11,14H2,1H3,(H,28,29);1-7,9,11-12,21,29H,8,10,13H2,(H,27,28);1-5,8-9H,6-7,10H2;1-7,18H,8H2;1-5H,(H,8,9). The van der Waals surface area contributed by atoms with Crippen molar-refractivity contribution < 1.29 is 88.4 Å². The van der Waals surface area contributed by atoms with E-state index in [1.54, 1.807) is 117 Å². The van der Waals surface area contributed by atoms with Crippen LogP contribution in [-0.2, 0) is 31.2 Å². The summed E-state index contributed by atoms with van der Waals surface area (Å²) in [6.07, 6.45) is 9.99. The molecule has 0 aliphatic heterocycles. The van der Waals surface area contributed by atoms with Crippen LogP contribution in [0, 0.1) is 23.3 Å². The maximum Gasteiger partial charge on any atom is 0.171 e. The lowest BCUT2D eigenvalue weighted by Crippen LogP contribution is -2.10. The average molecular weight is 1630 g/mol. The Morgan fingerprint density at radius 3 is 1.26 bits per heavy atom. The summed E-state index contributed by atoms with van der Waals surface area (Å²) in [6, 6.07) is 49.9. The number of hydrogen-bond acceptors (Lipinski definition) is 15. The molecule has 29 heteroatoms. The number of benzene rings is 8. The summed E-state index contributed by atoms with van der Waals surface area (Å²) in [5.41, 5.74) is 6.40. The zero-order valence-corrected chi connectivity index (χ0v) is 62.7. The fourth-order valence-corrected chi connectivity index (χ4v) is 11.8. The first-order valence-electron chi connectivity index (χ1n) is 34.3. The van der Waals surface area contributed by atoms with Crippen molar-refractivity contribution in [1.82, 2.24) is 29.9 Å². The Morgan fingerprint density at radius 2 is 0.805 bits per heavy atom. The summed E-state index contributed by atoms with van der Waals surface area (Å²) in [7, 11) is 1.58. The number of pyridine rings is 3. The number of phenols is 1. The molecule has 113 heavy (non-hydrogen) atoms. The third-order valence-electron chi connectivity index (χ3n) is 16.6. The number of aromatic hydroxyl groups is 1. The summed E-state index contributed by atoms with van der Waals surface area (Å²) in [5.74, 6) is -0.554. The SMILES string of the molecule is COC(c1cccc(OCc2ccc(Cl)cc2F)c1OCCF)c1c[nH]c2ncccc12.O=Cc1cccc(OCc2ccc(Cl)cc2F)c1O.O=Cc1cccc(OCc2ccc(Cl)cc2F)c1OCCF.OC(c1cccc(OCc2ccc(Cl)cc2F)c1OCCF)c1c[nH]c2ncccc12.c1cnc2[nH]ccc2c1. The molecule has 0 aliphatic carbocycles. The lowest BCUT2D eigenvalue weighted by molar-refractivity contribution is 0.111. The van der Waals surface area contributed by atoms with Gasteiger partial charge in [-0.1, -0.05) is 107 Å². The third kappa shape index (κ3) is 22.5. The molecule has 0 saturated carbocycles. The lowest BCUT2D eigenvalue weighted by Gasteiger charge is -2.21. The topological polar surface area (TPSA) is 234 Å². The van der Waals surface area contributed by atoms with Gasteiger partial charge in [-0.15, -0.1) is 0 Å². The minimum atomic E-state index is -1.08. The molecule has 0 bridgehead atoms. The summed E-state index contributed by atoms with van der Waals surface area (Å²) in [4.78, 5) is 43.4. The second kappa shape index (κ2) is 42.0. The number of methoxy groups -OCH3 is 1. The Hall–Kier alpha value is -11.8. The molecule has 14 rings (SSSR count). The molecule has 5 N–H and O–H groups in total. The van der Waals surface area contributed by atoms with Gasteiger partial charge in [0.25, 0.3) is 0 Å². The van der Waals surface area contributed by atoms with E-state index in [4.69, 9.17) is 84.3 Å². The van der Waals surface area contributed by atoms with E-state index in [0.29, 0.717) is 78.7 Å². The first-order valence-corrected chi connectivity index (χ1v) is 35.8. The highest BCUT2D eigenvalue weighted by Gasteiger charge is 2.26. The van der Waals surface area contributed by atoms with Gasteiger partial charge in [-0.2, -0.15) is 0 Å². The fraction of sp³-hybridized carbons (Fsp3) is 0.155. The van der Waals surface area contributed by atoms with Crippen LogP contribution in [0.15, 0.2) is 225 Å². The number of nitrogens with one attached hydrogen (secondary N) is 3. The van der Waals surface area contributed by atoms with Crippen molar-refractivity contribution in [2.75, 3.05) is 47.0 Å². The molecule has 0 spiro atoms. The number of para-hydroxylation sites is 4. The number of carbonyl (C=O) groups is 2. The number of phenolic OH excluding ortho intramolecular Hbond substituents is 1. The molecule has 2 unspecified atom stereocenters. The van der Waals surface area contributed by atoms with Crippen LogP contribution in [0.5, 0.6) is 46.0 Å². The second-order valence-corrected chi connectivity index (χ2v) is 25.6. The number of halogens is 11. The molecule has 8 aromatic carbocycles. The molecule has 0 aliphatic rings. The highest BCUT2D eigenvalue weighted by atomic mass is 35.5. The number of nitrogens with zero attached hydrogens (tertiary/aromatic N) is 3. The van der Waals surface area contributed by atoms with E-state index in [1.807, 2.05) is 54.9 Å². The normalized spacial score (nSPS) is 11.3. The smallest absolute Gasteiger partial charge is 0.171 e. The fourth-order valence-electron chi connectivity index (χ4n) is 11.1. The Kier molecular flexibility index (Phi) is 31.1. The molecular weight excluding hydrogens is 1560 g/mol. The van der Waals surface area contributed by atoms with Gasteiger partial charge in [-0.25, -0.2) is 45.7 Å². The molecule has 0 fully saturated rings. The van der Waals surface area contributed by atoms with Crippen LogP contribution in [0.1, 0.15) is 77.4 Å². The first-order chi connectivity index (χ1) is 54.9. The maximum atomic E-state index is 14.2. The number of ether oxygens (including phenoxy) is 8. The number of aromatic amines is 3. The van der Waals surface area contributed by atoms with Crippen molar-refractivity contribution in [2.45, 2.75) is 38.6 Å². The Labute approximate surface area is 662 Å². The Balaban J connectivity index is 0.000000156. The summed E-state index contributed by atoms with van der Waals surface area (Å²) >= 11 is 22.9. The van der Waals surface area contributed by atoms with Gasteiger partial charge < -0.3 is 63.1 Å². The number of aliphatic hydroxyl groups excluding tert-OH is 1. The largest absolute Gasteiger partial charge is 0.504 e. The molecular formula is C84H69Cl4F7N6O12. The average Bonchev–Trinajstić information content (AvgIpc) is 1.63. The van der Waals surface area contributed by atoms with Gasteiger partial charge >= 0.3 is 0 Å². The van der Waals surface area contributed by atoms with Crippen LogP contribution >= 0.6 is 46.4 Å². The number of aldehydes is 2. The number of alkyl halides is 3. The quantitative estimate of drug-likeness (QED) is 0.0227. The summed E-state index contributed by atoms with van der Waals surface area (Å²) in [5, 5.41) is 24.8. The predicted molar refractivity (Wildman–Crippen MR) is 417 cm³/mol. The van der Waals surface area contributed by atoms with Crippen molar-refractivity contribution in [3.8, 4) is 46.0 Å². The van der Waals surface area contributed by atoms with Crippen molar-refractivity contribution in [3.63, 3.8) is 0 Å². The third-order valence-corrected chi connectivity index (χ3v) is 17.5. The lowest BCUT2D eigenvalue weighted by atomic mass is 10.00. The first kappa shape index (κ1) is 83.6. The van der Waals surface area contributed by atoms with E-state index in [9.17, 15) is 50.5 Å². The number of fused-ring (bicyclic) bond motifs is 3. The molecule has 0 saturated heterocycles. The number of hydrogen-bond donors (Lipinski definition) is 5. The maximum absolute atomic E-state index is 14.2. The van der Waals surface area contributed by atoms with Gasteiger partial charge in [-0.05, 0) is 127 Å². The Morgan fingerprint density at radius 1 is 0.416 bits per heavy atom. The summed E-state index contributed by atoms with van der Waals surface area (Å²) < 4.78 is 138. The van der Waals surface area contributed by atoms with Crippen LogP contribution in [-0.4, -0.2) is 99.6 Å². The van der Waals surface area contributed by atoms with Crippen molar-refractivity contribution in [1.29, 1.82) is 0 Å². The van der Waals surface area contributed by atoms with Crippen LogP contribution < -0.4 is 33.2 Å². The molecule has 6 heterocycles. The molecule has 14 aromatic rings. The molecule has 6 aromatic heterocycles. The number of aliphatic hydroxyl groups is 1. The van der Waals surface area contributed by atoms with Gasteiger partial charge in [0.15, 0.2) is 58.6 Å². The van der Waals surface area contributed by atoms with E-state index < -0.39 is 55.5 Å². The highest BCUT2D eigenvalue weighted by molar-refractivity contribution is 6.31. The molecule has 0 amide bonds. The molecule has 0 radical (unpaired) electrons. The van der Waals surface area contributed by atoms with E-state index in [1.165, 1.54) is 60.7 Å². The molecule has 584 valence electrons. The zero-order chi connectivity index (χ0) is 80.2. The van der Waals surface area contributed by atoms with Crippen LogP contribution in [0.25, 0.3) is 33.1 Å². The van der Waals surface area contributed by atoms with Crippen LogP contribution in [0.3, 0.4) is 0 Å². The number of rotatable bonds is 28. The monoisotopic (exact) mass is 1630 g/mol. The van der Waals surface area contributed by atoms with Gasteiger partial charge in [0, 0.05) is 125 Å². The van der Waals surface area contributed by atoms with Gasteiger partial charge in [0.2, 0.25) is 0 Å². The minimum absolute atomic E-state index is 0.0485. The number of aromatic nitrogens is 6. The second-order valence-electron chi connectivity index (χ2n) is 23.9. The number of carbonyl (C=O) groups excluding carboxylic acids is 2. The molecule has 18 nitrogen and oxygen atoms in total. The van der Waals surface area contributed by atoms with Crippen LogP contribution in [0.2, 0.25) is 20.1 Å². The summed E-state index contributed by atoms with van der Waals surface area (Å²) in [6.45, 7) is -2.94. The van der Waals surface area contributed by atoms with Crippen molar-refractivity contribution in [3.05, 3.63) is 324 Å². The van der Waals surface area contributed by atoms with Gasteiger partial charge in [0.05, 0.1) is 11.1 Å². The molecule has 2 atom stereocenters. The van der Waals surface area contributed by atoms with Gasteiger partial charge in [-0.3, -0.25) is 9.59 Å². The van der Waals surface area contributed by atoms with Crippen LogP contribution in [0.4, 0.5) is 30.7 Å². The van der Waals surface area contributed by atoms with Crippen molar-refractivity contribution >= 4 is 92.1 Å². The zero-order valence-electron chi connectivity index (χ0n) is 59.7.